The van der Waals surface area contributed by atoms with E-state index in [0.29, 0.717) is 0 Å². The molecule has 0 spiro atoms. The van der Waals surface area contributed by atoms with Gasteiger partial charge in [-0.15, -0.1) is 11.3 Å². The highest BCUT2D eigenvalue weighted by molar-refractivity contribution is 7.16. The lowest BCUT2D eigenvalue weighted by Crippen LogP contribution is -3.10. The summed E-state index contributed by atoms with van der Waals surface area (Å²) in [5.41, 5.74) is 4.49. The Balaban J connectivity index is 1.39. The van der Waals surface area contributed by atoms with E-state index in [0.717, 1.165) is 42.2 Å². The first-order valence-electron chi connectivity index (χ1n) is 9.27. The SMILES string of the molecule is O=C1N[C@@H](c2ccncc2)Nc2sc3c(c21)CC[NH+](Cc1ccccc1)C3. The highest BCUT2D eigenvalue weighted by Crippen LogP contribution is 2.38. The molecule has 5 nitrogen and oxygen atoms in total. The van der Waals surface area contributed by atoms with Gasteiger partial charge >= 0.3 is 0 Å². The van der Waals surface area contributed by atoms with Crippen molar-refractivity contribution in [1.29, 1.82) is 0 Å². The van der Waals surface area contributed by atoms with Gasteiger partial charge < -0.3 is 15.5 Å². The molecule has 2 aliphatic heterocycles. The van der Waals surface area contributed by atoms with E-state index in [-0.39, 0.29) is 12.1 Å². The number of pyridine rings is 1. The second-order valence-corrected chi connectivity index (χ2v) is 8.23. The zero-order chi connectivity index (χ0) is 18.2. The van der Waals surface area contributed by atoms with Gasteiger partial charge in [0.1, 0.15) is 24.3 Å². The Morgan fingerprint density at radius 3 is 2.74 bits per heavy atom. The Bertz CT molecular complexity index is 971. The fourth-order valence-corrected chi connectivity index (χ4v) is 5.35. The van der Waals surface area contributed by atoms with Crippen LogP contribution in [0.25, 0.3) is 0 Å². The predicted molar refractivity (Wildman–Crippen MR) is 106 cm³/mol. The quantitative estimate of drug-likeness (QED) is 0.655. The summed E-state index contributed by atoms with van der Waals surface area (Å²) in [6.45, 7) is 3.07. The van der Waals surface area contributed by atoms with Crippen molar-refractivity contribution in [3.8, 4) is 0 Å². The summed E-state index contributed by atoms with van der Waals surface area (Å²) in [4.78, 5) is 19.8. The van der Waals surface area contributed by atoms with Gasteiger partial charge in [0.2, 0.25) is 0 Å². The van der Waals surface area contributed by atoms with Crippen molar-refractivity contribution >= 4 is 22.2 Å². The maximum atomic E-state index is 12.8. The number of nitrogens with one attached hydrogen (secondary N) is 3. The zero-order valence-electron chi connectivity index (χ0n) is 14.9. The molecule has 2 atom stereocenters. The van der Waals surface area contributed by atoms with Crippen molar-refractivity contribution in [2.24, 2.45) is 0 Å². The van der Waals surface area contributed by atoms with Crippen molar-refractivity contribution in [3.05, 3.63) is 82.0 Å². The molecule has 1 aromatic carbocycles. The molecule has 6 heteroatoms. The summed E-state index contributed by atoms with van der Waals surface area (Å²) in [5.74, 6) is 0.0366. The molecule has 0 saturated heterocycles. The minimum atomic E-state index is -0.194. The van der Waals surface area contributed by atoms with Crippen LogP contribution in [0.4, 0.5) is 5.00 Å². The van der Waals surface area contributed by atoms with E-state index in [1.54, 1.807) is 28.6 Å². The summed E-state index contributed by atoms with van der Waals surface area (Å²) >= 11 is 1.75. The van der Waals surface area contributed by atoms with E-state index < -0.39 is 0 Å². The number of amides is 1. The van der Waals surface area contributed by atoms with Crippen LogP contribution in [0.3, 0.4) is 0 Å². The molecular formula is C21H21N4OS+. The zero-order valence-corrected chi connectivity index (χ0v) is 15.7. The number of quaternary nitrogens is 1. The number of rotatable bonds is 3. The number of aromatic nitrogens is 1. The van der Waals surface area contributed by atoms with E-state index in [1.165, 1.54) is 16.0 Å². The lowest BCUT2D eigenvalue weighted by atomic mass is 10.00. The minimum absolute atomic E-state index is 0.0366. The molecule has 2 aliphatic rings. The summed E-state index contributed by atoms with van der Waals surface area (Å²) in [6, 6.07) is 14.5. The van der Waals surface area contributed by atoms with Gasteiger partial charge in [-0.3, -0.25) is 9.78 Å². The molecule has 1 unspecified atom stereocenters. The van der Waals surface area contributed by atoms with Crippen molar-refractivity contribution in [2.45, 2.75) is 25.7 Å². The molecule has 1 amide bonds. The molecule has 0 aliphatic carbocycles. The summed E-state index contributed by atoms with van der Waals surface area (Å²) in [5, 5.41) is 7.62. The Morgan fingerprint density at radius 1 is 1.11 bits per heavy atom. The standard InChI is InChI=1S/C21H20N4OS/c26-20-18-16-8-11-25(12-14-4-2-1-3-5-14)13-17(16)27-21(18)24-19(23-20)15-6-9-22-10-7-15/h1-7,9-10,19,24H,8,11-13H2,(H,23,26)/p+1/t19-/m1/s1. The fourth-order valence-electron chi connectivity index (χ4n) is 4.01. The van der Waals surface area contributed by atoms with Gasteiger partial charge in [-0.25, -0.2) is 0 Å². The smallest absolute Gasteiger partial charge is 0.256 e. The van der Waals surface area contributed by atoms with Gasteiger partial charge in [0, 0.05) is 24.4 Å². The highest BCUT2D eigenvalue weighted by Gasteiger charge is 2.34. The highest BCUT2D eigenvalue weighted by atomic mass is 32.1. The van der Waals surface area contributed by atoms with E-state index in [1.807, 2.05) is 12.1 Å². The number of fused-ring (bicyclic) bond motifs is 3. The maximum Gasteiger partial charge on any atom is 0.256 e. The first-order valence-corrected chi connectivity index (χ1v) is 10.1. The van der Waals surface area contributed by atoms with Gasteiger partial charge in [0.25, 0.3) is 5.91 Å². The van der Waals surface area contributed by atoms with Gasteiger partial charge in [0.05, 0.1) is 17.0 Å². The second kappa shape index (κ2) is 6.79. The van der Waals surface area contributed by atoms with Gasteiger partial charge in [-0.05, 0) is 23.3 Å². The first kappa shape index (κ1) is 16.5. The van der Waals surface area contributed by atoms with Crippen LogP contribution in [0.2, 0.25) is 0 Å². The van der Waals surface area contributed by atoms with Gasteiger partial charge in [-0.2, -0.15) is 0 Å². The normalized spacial score (nSPS) is 21.0. The van der Waals surface area contributed by atoms with Crippen molar-refractivity contribution < 1.29 is 9.69 Å². The average molecular weight is 377 g/mol. The maximum absolute atomic E-state index is 12.8. The number of carbonyl (C=O) groups excluding carboxylic acids is 1. The lowest BCUT2D eigenvalue weighted by molar-refractivity contribution is -0.929. The lowest BCUT2D eigenvalue weighted by Gasteiger charge is -2.27. The molecule has 2 aromatic heterocycles. The Morgan fingerprint density at radius 2 is 1.93 bits per heavy atom. The van der Waals surface area contributed by atoms with Crippen LogP contribution >= 0.6 is 11.3 Å². The summed E-state index contributed by atoms with van der Waals surface area (Å²) in [7, 11) is 0. The fraction of sp³-hybridized carbons (Fsp3) is 0.238. The summed E-state index contributed by atoms with van der Waals surface area (Å²) in [6.07, 6.45) is 4.27. The van der Waals surface area contributed by atoms with Crippen molar-refractivity contribution in [2.75, 3.05) is 11.9 Å². The molecule has 0 fully saturated rings. The first-order chi connectivity index (χ1) is 13.3. The number of thiophene rings is 1. The van der Waals surface area contributed by atoms with Crippen LogP contribution in [-0.4, -0.2) is 17.4 Å². The van der Waals surface area contributed by atoms with E-state index in [9.17, 15) is 4.79 Å². The van der Waals surface area contributed by atoms with E-state index in [4.69, 9.17) is 0 Å². The largest absolute Gasteiger partial charge is 0.353 e. The molecule has 3 N–H and O–H groups in total. The van der Waals surface area contributed by atoms with E-state index in [2.05, 4.69) is 45.9 Å². The van der Waals surface area contributed by atoms with Gasteiger partial charge in [0.15, 0.2) is 0 Å². The molecule has 27 heavy (non-hydrogen) atoms. The molecule has 0 bridgehead atoms. The van der Waals surface area contributed by atoms with Crippen molar-refractivity contribution in [1.82, 2.24) is 10.3 Å². The van der Waals surface area contributed by atoms with Crippen LogP contribution in [0, 0.1) is 0 Å². The van der Waals surface area contributed by atoms with E-state index >= 15 is 0 Å². The van der Waals surface area contributed by atoms with Crippen LogP contribution in [0.15, 0.2) is 54.9 Å². The monoisotopic (exact) mass is 377 g/mol. The topological polar surface area (TPSA) is 58.5 Å². The van der Waals surface area contributed by atoms with Crippen molar-refractivity contribution in [3.63, 3.8) is 0 Å². The van der Waals surface area contributed by atoms with Gasteiger partial charge in [-0.1, -0.05) is 30.3 Å². The molecular weight excluding hydrogens is 356 g/mol. The number of carbonyl (C=O) groups is 1. The molecule has 136 valence electrons. The third kappa shape index (κ3) is 3.11. The second-order valence-electron chi connectivity index (χ2n) is 7.13. The Kier molecular flexibility index (Phi) is 4.14. The number of hydrogen-bond acceptors (Lipinski definition) is 4. The average Bonchev–Trinajstić information content (AvgIpc) is 3.07. The third-order valence-corrected chi connectivity index (χ3v) is 6.51. The van der Waals surface area contributed by atoms with Crippen LogP contribution in [-0.2, 0) is 19.5 Å². The van der Waals surface area contributed by atoms with Crippen LogP contribution < -0.4 is 15.5 Å². The molecule has 0 saturated carbocycles. The summed E-state index contributed by atoms with van der Waals surface area (Å²) < 4.78 is 0. The molecule has 5 rings (SSSR count). The number of hydrogen-bond donors (Lipinski definition) is 3. The van der Waals surface area contributed by atoms with Crippen LogP contribution in [0.5, 0.6) is 0 Å². The number of benzene rings is 1. The Labute approximate surface area is 162 Å². The Hall–Kier alpha value is -2.70. The molecule has 3 aromatic rings. The molecule has 4 heterocycles. The van der Waals surface area contributed by atoms with Crippen LogP contribution in [0.1, 0.15) is 38.1 Å². The third-order valence-electron chi connectivity index (χ3n) is 5.34. The minimum Gasteiger partial charge on any atom is -0.353 e. The predicted octanol–water partition coefficient (Wildman–Crippen LogP) is 2.14. The number of nitrogens with zero attached hydrogens (tertiary/aromatic N) is 1. The molecule has 0 radical (unpaired) electrons. The number of anilines is 1.